The Bertz CT molecular complexity index is 551. The molecule has 0 saturated heterocycles. The normalized spacial score (nSPS) is 15.4. The van der Waals surface area contributed by atoms with Gasteiger partial charge in [-0.3, -0.25) is 4.98 Å². The molecule has 2 heteroatoms. The van der Waals surface area contributed by atoms with E-state index in [2.05, 4.69) is 32.7 Å². The average molecular weight is 257 g/mol. The molecule has 0 aliphatic carbocycles. The summed E-state index contributed by atoms with van der Waals surface area (Å²) in [6, 6.07) is 9.97. The molecule has 1 aromatic carbocycles. The van der Waals surface area contributed by atoms with Gasteiger partial charge in [0.25, 0.3) is 0 Å². The molecule has 0 bridgehead atoms. The fourth-order valence-electron chi connectivity index (χ4n) is 2.21. The summed E-state index contributed by atoms with van der Waals surface area (Å²) in [7, 11) is 0. The molecule has 1 N–H and O–H groups in total. The van der Waals surface area contributed by atoms with E-state index < -0.39 is 6.10 Å². The van der Waals surface area contributed by atoms with E-state index in [0.717, 1.165) is 22.9 Å². The first-order chi connectivity index (χ1) is 8.89. The maximum Gasteiger partial charge on any atom is 0.0813 e. The summed E-state index contributed by atoms with van der Waals surface area (Å²) in [4.78, 5) is 4.41. The van der Waals surface area contributed by atoms with Crippen molar-refractivity contribution in [2.45, 2.75) is 40.2 Å². The molecule has 2 nitrogen and oxygen atoms in total. The Kier molecular flexibility index (Phi) is 3.91. The lowest BCUT2D eigenvalue weighted by Crippen LogP contribution is -2.20. The quantitative estimate of drug-likeness (QED) is 0.887. The third-order valence-electron chi connectivity index (χ3n) is 4.08. The number of benzene rings is 1. The van der Waals surface area contributed by atoms with Crippen LogP contribution in [0.4, 0.5) is 0 Å². The molecule has 0 aliphatic heterocycles. The average Bonchev–Trinajstić information content (AvgIpc) is 2.36. The zero-order valence-corrected chi connectivity index (χ0v) is 12.2. The minimum absolute atomic E-state index is 0.207. The van der Waals surface area contributed by atoms with Gasteiger partial charge in [-0.25, -0.2) is 0 Å². The molecule has 2 aromatic rings. The molecular weight excluding hydrogens is 234 g/mol. The predicted octanol–water partition coefficient (Wildman–Crippen LogP) is 4.34. The molecule has 102 valence electrons. The summed E-state index contributed by atoms with van der Waals surface area (Å²) in [5.41, 5.74) is 2.06. The van der Waals surface area contributed by atoms with Gasteiger partial charge in [0, 0.05) is 17.1 Å². The number of fused-ring (bicyclic) bond motifs is 1. The zero-order chi connectivity index (χ0) is 14.0. The topological polar surface area (TPSA) is 33.1 Å². The fourth-order valence-corrected chi connectivity index (χ4v) is 2.21. The molecule has 1 heterocycles. The summed E-state index contributed by atoms with van der Waals surface area (Å²) in [5, 5.41) is 11.6. The summed E-state index contributed by atoms with van der Waals surface area (Å²) in [5.74, 6) is 0.446. The van der Waals surface area contributed by atoms with Crippen molar-refractivity contribution in [2.75, 3.05) is 0 Å². The molecule has 0 aliphatic rings. The van der Waals surface area contributed by atoms with Crippen molar-refractivity contribution in [3.05, 3.63) is 42.1 Å². The van der Waals surface area contributed by atoms with E-state index in [1.807, 2.05) is 30.3 Å². The lowest BCUT2D eigenvalue weighted by molar-refractivity contribution is 0.111. The van der Waals surface area contributed by atoms with Crippen LogP contribution in [0.5, 0.6) is 0 Å². The van der Waals surface area contributed by atoms with Crippen LogP contribution in [-0.4, -0.2) is 10.1 Å². The second-order valence-electron chi connectivity index (χ2n) is 6.44. The smallest absolute Gasteiger partial charge is 0.0813 e. The van der Waals surface area contributed by atoms with Crippen LogP contribution in [0.3, 0.4) is 0 Å². The SMILES string of the molecule is CC(CC(O)c1cccc2cccnc12)C(C)(C)C. The number of hydrogen-bond acceptors (Lipinski definition) is 2. The van der Waals surface area contributed by atoms with E-state index in [-0.39, 0.29) is 5.41 Å². The molecule has 0 radical (unpaired) electrons. The highest BCUT2D eigenvalue weighted by Crippen LogP contribution is 2.34. The molecule has 0 fully saturated rings. The summed E-state index contributed by atoms with van der Waals surface area (Å²) in [6.07, 6.45) is 2.10. The van der Waals surface area contributed by atoms with Gasteiger partial charge in [-0.15, -0.1) is 0 Å². The number of aromatic nitrogens is 1. The van der Waals surface area contributed by atoms with Gasteiger partial charge < -0.3 is 5.11 Å². The maximum atomic E-state index is 10.5. The highest BCUT2D eigenvalue weighted by atomic mass is 16.3. The Morgan fingerprint density at radius 3 is 2.53 bits per heavy atom. The van der Waals surface area contributed by atoms with Gasteiger partial charge in [-0.2, -0.15) is 0 Å². The van der Waals surface area contributed by atoms with E-state index in [1.165, 1.54) is 0 Å². The highest BCUT2D eigenvalue weighted by molar-refractivity contribution is 5.81. The van der Waals surface area contributed by atoms with Crippen LogP contribution >= 0.6 is 0 Å². The van der Waals surface area contributed by atoms with Crippen molar-refractivity contribution in [3.63, 3.8) is 0 Å². The van der Waals surface area contributed by atoms with Crippen LogP contribution in [0.25, 0.3) is 10.9 Å². The third kappa shape index (κ3) is 3.13. The summed E-state index contributed by atoms with van der Waals surface area (Å²) in [6.45, 7) is 8.84. The van der Waals surface area contributed by atoms with Crippen molar-refractivity contribution in [1.82, 2.24) is 4.98 Å². The van der Waals surface area contributed by atoms with Crippen LogP contribution < -0.4 is 0 Å². The van der Waals surface area contributed by atoms with Gasteiger partial charge in [0.15, 0.2) is 0 Å². The predicted molar refractivity (Wildman–Crippen MR) is 79.9 cm³/mol. The summed E-state index contributed by atoms with van der Waals surface area (Å²) >= 11 is 0. The van der Waals surface area contributed by atoms with Crippen molar-refractivity contribution in [1.29, 1.82) is 0 Å². The Balaban J connectivity index is 2.29. The second-order valence-corrected chi connectivity index (χ2v) is 6.44. The molecule has 19 heavy (non-hydrogen) atoms. The maximum absolute atomic E-state index is 10.5. The molecule has 0 saturated carbocycles. The number of pyridine rings is 1. The van der Waals surface area contributed by atoms with Crippen LogP contribution in [0, 0.1) is 11.3 Å². The number of rotatable bonds is 3. The zero-order valence-electron chi connectivity index (χ0n) is 12.2. The van der Waals surface area contributed by atoms with Crippen molar-refractivity contribution in [2.24, 2.45) is 11.3 Å². The largest absolute Gasteiger partial charge is 0.388 e. The number of para-hydroxylation sites is 1. The van der Waals surface area contributed by atoms with Gasteiger partial charge in [0.05, 0.1) is 11.6 Å². The van der Waals surface area contributed by atoms with Gasteiger partial charge >= 0.3 is 0 Å². The molecule has 2 atom stereocenters. The molecule has 1 aromatic heterocycles. The minimum Gasteiger partial charge on any atom is -0.388 e. The van der Waals surface area contributed by atoms with E-state index in [1.54, 1.807) is 6.20 Å². The number of aliphatic hydroxyl groups is 1. The number of aliphatic hydroxyl groups excluding tert-OH is 1. The Hall–Kier alpha value is -1.41. The van der Waals surface area contributed by atoms with Crippen LogP contribution in [0.15, 0.2) is 36.5 Å². The third-order valence-corrected chi connectivity index (χ3v) is 4.08. The molecule has 0 spiro atoms. The standard InChI is InChI=1S/C17H23NO/c1-12(17(2,3)4)11-15(19)14-9-5-7-13-8-6-10-18-16(13)14/h5-10,12,15,19H,11H2,1-4H3. The van der Waals surface area contributed by atoms with E-state index >= 15 is 0 Å². The first kappa shape index (κ1) is 14.0. The Morgan fingerprint density at radius 2 is 1.84 bits per heavy atom. The lowest BCUT2D eigenvalue weighted by Gasteiger charge is -2.29. The summed E-state index contributed by atoms with van der Waals surface area (Å²) < 4.78 is 0. The molecule has 2 unspecified atom stereocenters. The fraction of sp³-hybridized carbons (Fsp3) is 0.471. The van der Waals surface area contributed by atoms with Crippen LogP contribution in [0.1, 0.15) is 45.8 Å². The Morgan fingerprint density at radius 1 is 1.16 bits per heavy atom. The monoisotopic (exact) mass is 257 g/mol. The molecular formula is C17H23NO. The van der Waals surface area contributed by atoms with E-state index in [4.69, 9.17) is 0 Å². The van der Waals surface area contributed by atoms with E-state index in [0.29, 0.717) is 5.92 Å². The van der Waals surface area contributed by atoms with Gasteiger partial charge in [-0.05, 0) is 23.8 Å². The Labute approximate surface area is 115 Å². The second kappa shape index (κ2) is 5.30. The van der Waals surface area contributed by atoms with Crippen molar-refractivity contribution < 1.29 is 5.11 Å². The molecule has 0 amide bonds. The number of hydrogen-bond donors (Lipinski definition) is 1. The first-order valence-electron chi connectivity index (χ1n) is 6.91. The lowest BCUT2D eigenvalue weighted by atomic mass is 9.78. The van der Waals surface area contributed by atoms with Gasteiger partial charge in [0.2, 0.25) is 0 Å². The van der Waals surface area contributed by atoms with E-state index in [9.17, 15) is 5.11 Å². The van der Waals surface area contributed by atoms with Crippen molar-refractivity contribution >= 4 is 10.9 Å². The highest BCUT2D eigenvalue weighted by Gasteiger charge is 2.24. The van der Waals surface area contributed by atoms with Crippen molar-refractivity contribution in [3.8, 4) is 0 Å². The van der Waals surface area contributed by atoms with Gasteiger partial charge in [-0.1, -0.05) is 52.0 Å². The minimum atomic E-state index is -0.451. The first-order valence-corrected chi connectivity index (χ1v) is 6.91. The number of nitrogens with zero attached hydrogens (tertiary/aromatic N) is 1. The molecule has 2 rings (SSSR count). The van der Waals surface area contributed by atoms with Gasteiger partial charge in [0.1, 0.15) is 0 Å². The van der Waals surface area contributed by atoms with Crippen LogP contribution in [0.2, 0.25) is 0 Å². The van der Waals surface area contributed by atoms with Crippen LogP contribution in [-0.2, 0) is 0 Å².